The largest absolute Gasteiger partial charge is 0.468 e. The zero-order valence-corrected chi connectivity index (χ0v) is 13.8. The van der Waals surface area contributed by atoms with Crippen molar-refractivity contribution in [2.75, 3.05) is 33.3 Å². The van der Waals surface area contributed by atoms with Gasteiger partial charge in [-0.1, -0.05) is 0 Å². The van der Waals surface area contributed by atoms with Gasteiger partial charge in [0.05, 0.1) is 12.1 Å². The number of likely N-dealkylation sites (N-methyl/N-ethyl adjacent to an activating group) is 2. The predicted octanol–water partition coefficient (Wildman–Crippen LogP) is 1.96. The molecule has 1 aromatic heterocycles. The molecule has 0 N–H and O–H groups in total. The normalized spacial score (nSPS) is 11.1. The monoisotopic (exact) mass is 347 g/mol. The number of pyridine rings is 1. The maximum atomic E-state index is 12.2. The van der Waals surface area contributed by atoms with Crippen LogP contribution in [0.5, 0.6) is 5.88 Å². The maximum Gasteiger partial charge on any atom is 0.422 e. The van der Waals surface area contributed by atoms with Gasteiger partial charge in [0.2, 0.25) is 11.8 Å². The number of ether oxygens (including phenoxy) is 1. The van der Waals surface area contributed by atoms with Gasteiger partial charge in [-0.05, 0) is 19.9 Å². The van der Waals surface area contributed by atoms with E-state index in [1.807, 2.05) is 13.8 Å². The molecule has 9 heteroatoms. The summed E-state index contributed by atoms with van der Waals surface area (Å²) in [5, 5.41) is 0. The van der Waals surface area contributed by atoms with Crippen LogP contribution in [0, 0.1) is 0 Å². The van der Waals surface area contributed by atoms with E-state index in [2.05, 4.69) is 9.72 Å². The summed E-state index contributed by atoms with van der Waals surface area (Å²) in [4.78, 5) is 30.7. The van der Waals surface area contributed by atoms with Crippen LogP contribution >= 0.6 is 0 Å². The fraction of sp³-hybridized carbons (Fsp3) is 0.533. The third-order valence-electron chi connectivity index (χ3n) is 3.20. The van der Waals surface area contributed by atoms with Crippen LogP contribution in [0.3, 0.4) is 0 Å². The van der Waals surface area contributed by atoms with Crippen LogP contribution in [0.2, 0.25) is 0 Å². The van der Waals surface area contributed by atoms with Crippen LogP contribution in [0.1, 0.15) is 24.2 Å². The molecule has 0 bridgehead atoms. The number of carbonyl (C=O) groups is 2. The molecule has 0 aliphatic carbocycles. The summed E-state index contributed by atoms with van der Waals surface area (Å²) >= 11 is 0. The van der Waals surface area contributed by atoms with Crippen molar-refractivity contribution in [2.45, 2.75) is 20.0 Å². The summed E-state index contributed by atoms with van der Waals surface area (Å²) < 4.78 is 40.6. The molecule has 0 saturated heterocycles. The van der Waals surface area contributed by atoms with Crippen molar-refractivity contribution in [3.05, 3.63) is 23.9 Å². The van der Waals surface area contributed by atoms with Gasteiger partial charge in [0.15, 0.2) is 6.61 Å². The number of carbonyl (C=O) groups excluding carboxylic acids is 2. The van der Waals surface area contributed by atoms with E-state index in [0.29, 0.717) is 13.1 Å². The van der Waals surface area contributed by atoms with Gasteiger partial charge >= 0.3 is 6.18 Å². The van der Waals surface area contributed by atoms with Crippen molar-refractivity contribution in [1.82, 2.24) is 14.8 Å². The number of amides is 2. The number of alkyl halides is 3. The Kier molecular flexibility index (Phi) is 6.99. The van der Waals surface area contributed by atoms with Crippen molar-refractivity contribution in [3.63, 3.8) is 0 Å². The summed E-state index contributed by atoms with van der Waals surface area (Å²) in [6.45, 7) is 3.23. The van der Waals surface area contributed by atoms with Crippen LogP contribution < -0.4 is 4.74 Å². The van der Waals surface area contributed by atoms with Crippen LogP contribution in [-0.4, -0.2) is 66.1 Å². The predicted molar refractivity (Wildman–Crippen MR) is 80.7 cm³/mol. The topological polar surface area (TPSA) is 62.7 Å². The number of halogens is 3. The van der Waals surface area contributed by atoms with Crippen molar-refractivity contribution in [3.8, 4) is 5.88 Å². The van der Waals surface area contributed by atoms with Gasteiger partial charge in [0.1, 0.15) is 0 Å². The average Bonchev–Trinajstić information content (AvgIpc) is 2.53. The SMILES string of the molecule is CCN(CC)C(=O)CN(C)C(=O)c1ccc(OCC(F)(F)F)nc1. The average molecular weight is 347 g/mol. The molecule has 6 nitrogen and oxygen atoms in total. The lowest BCUT2D eigenvalue weighted by Gasteiger charge is -2.23. The Morgan fingerprint density at radius 2 is 1.83 bits per heavy atom. The first kappa shape index (κ1) is 19.7. The third kappa shape index (κ3) is 6.05. The molecule has 0 aliphatic rings. The fourth-order valence-electron chi connectivity index (χ4n) is 1.92. The second-order valence-electron chi connectivity index (χ2n) is 5.02. The molecule has 1 heterocycles. The molecule has 134 valence electrons. The minimum Gasteiger partial charge on any atom is -0.468 e. The molecule has 0 fully saturated rings. The van der Waals surface area contributed by atoms with Gasteiger partial charge in [0.25, 0.3) is 5.91 Å². The first-order valence-corrected chi connectivity index (χ1v) is 7.36. The van der Waals surface area contributed by atoms with E-state index in [1.165, 1.54) is 24.1 Å². The zero-order valence-electron chi connectivity index (χ0n) is 13.8. The summed E-state index contributed by atoms with van der Waals surface area (Å²) in [6, 6.07) is 2.48. The Morgan fingerprint density at radius 1 is 1.21 bits per heavy atom. The minimum atomic E-state index is -4.46. The molecule has 0 aliphatic heterocycles. The van der Waals surface area contributed by atoms with Crippen molar-refractivity contribution in [2.24, 2.45) is 0 Å². The molecular formula is C15H20F3N3O3. The number of hydrogen-bond donors (Lipinski definition) is 0. The van der Waals surface area contributed by atoms with Crippen molar-refractivity contribution in [1.29, 1.82) is 0 Å². The number of aromatic nitrogens is 1. The van der Waals surface area contributed by atoms with E-state index in [0.717, 1.165) is 6.20 Å². The number of rotatable bonds is 7. The molecular weight excluding hydrogens is 327 g/mol. The van der Waals surface area contributed by atoms with Crippen LogP contribution in [-0.2, 0) is 4.79 Å². The Balaban J connectivity index is 2.65. The smallest absolute Gasteiger partial charge is 0.422 e. The van der Waals surface area contributed by atoms with E-state index < -0.39 is 18.7 Å². The van der Waals surface area contributed by atoms with E-state index in [9.17, 15) is 22.8 Å². The van der Waals surface area contributed by atoms with Gasteiger partial charge in [0, 0.05) is 32.4 Å². The Bertz CT molecular complexity index is 557. The molecule has 0 spiro atoms. The van der Waals surface area contributed by atoms with E-state index in [-0.39, 0.29) is 23.9 Å². The van der Waals surface area contributed by atoms with Gasteiger partial charge in [-0.2, -0.15) is 13.2 Å². The van der Waals surface area contributed by atoms with Crippen molar-refractivity contribution >= 4 is 11.8 Å². The highest BCUT2D eigenvalue weighted by atomic mass is 19.4. The highest BCUT2D eigenvalue weighted by Gasteiger charge is 2.28. The van der Waals surface area contributed by atoms with E-state index >= 15 is 0 Å². The lowest BCUT2D eigenvalue weighted by molar-refractivity contribution is -0.154. The summed E-state index contributed by atoms with van der Waals surface area (Å²) in [6.07, 6.45) is -3.34. The maximum absolute atomic E-state index is 12.2. The van der Waals surface area contributed by atoms with E-state index in [1.54, 1.807) is 4.90 Å². The number of hydrogen-bond acceptors (Lipinski definition) is 4. The van der Waals surface area contributed by atoms with Crippen LogP contribution in [0.25, 0.3) is 0 Å². The zero-order chi connectivity index (χ0) is 18.3. The highest BCUT2D eigenvalue weighted by Crippen LogP contribution is 2.17. The first-order valence-electron chi connectivity index (χ1n) is 7.36. The van der Waals surface area contributed by atoms with Crippen LogP contribution in [0.4, 0.5) is 13.2 Å². The molecule has 1 rings (SSSR count). The highest BCUT2D eigenvalue weighted by molar-refractivity contribution is 5.96. The second kappa shape index (κ2) is 8.51. The summed E-state index contributed by atoms with van der Waals surface area (Å²) in [5.41, 5.74) is 0.157. The Hall–Kier alpha value is -2.32. The standard InChI is InChI=1S/C15H20F3N3O3/c1-4-21(5-2)13(22)9-20(3)14(23)11-6-7-12(19-8-11)24-10-15(16,17)18/h6-8H,4-5,9-10H2,1-3H3. The van der Waals surface area contributed by atoms with E-state index in [4.69, 9.17) is 0 Å². The lowest BCUT2D eigenvalue weighted by atomic mass is 10.2. The summed E-state index contributed by atoms with van der Waals surface area (Å²) in [7, 11) is 1.47. The Labute approximate surface area is 138 Å². The van der Waals surface area contributed by atoms with Crippen molar-refractivity contribution < 1.29 is 27.5 Å². The van der Waals surface area contributed by atoms with Gasteiger partial charge < -0.3 is 14.5 Å². The van der Waals surface area contributed by atoms with Gasteiger partial charge in [-0.25, -0.2) is 4.98 Å². The molecule has 0 aromatic carbocycles. The molecule has 24 heavy (non-hydrogen) atoms. The number of nitrogens with zero attached hydrogens (tertiary/aromatic N) is 3. The molecule has 2 amide bonds. The summed E-state index contributed by atoms with van der Waals surface area (Å²) in [5.74, 6) is -0.870. The lowest BCUT2D eigenvalue weighted by Crippen LogP contribution is -2.41. The third-order valence-corrected chi connectivity index (χ3v) is 3.20. The minimum absolute atomic E-state index is 0.0904. The molecule has 0 atom stereocenters. The fourth-order valence-corrected chi connectivity index (χ4v) is 1.92. The quantitative estimate of drug-likeness (QED) is 0.756. The Morgan fingerprint density at radius 3 is 2.29 bits per heavy atom. The van der Waals surface area contributed by atoms with Gasteiger partial charge in [-0.3, -0.25) is 9.59 Å². The first-order chi connectivity index (χ1) is 11.2. The molecule has 0 saturated carbocycles. The van der Waals surface area contributed by atoms with Gasteiger partial charge in [-0.15, -0.1) is 0 Å². The second-order valence-corrected chi connectivity index (χ2v) is 5.02. The molecule has 0 radical (unpaired) electrons. The molecule has 1 aromatic rings. The molecule has 0 unspecified atom stereocenters. The van der Waals surface area contributed by atoms with Crippen LogP contribution in [0.15, 0.2) is 18.3 Å².